The Kier molecular flexibility index (Phi) is 13.7. The number of amides is 3. The molecule has 37 heavy (non-hydrogen) atoms. The van der Waals surface area contributed by atoms with Crippen LogP contribution >= 0.6 is 11.6 Å². The zero-order valence-electron chi connectivity index (χ0n) is 22.2. The number of azo groups is 1. The first kappa shape index (κ1) is 30.8. The highest BCUT2D eigenvalue weighted by molar-refractivity contribution is 6.20. The Morgan fingerprint density at radius 2 is 1.76 bits per heavy atom. The van der Waals surface area contributed by atoms with E-state index in [1.807, 2.05) is 0 Å². The number of halogens is 1. The van der Waals surface area contributed by atoms with Crippen molar-refractivity contribution in [3.8, 4) is 0 Å². The summed E-state index contributed by atoms with van der Waals surface area (Å²) in [6.45, 7) is 2.54. The first-order valence-corrected chi connectivity index (χ1v) is 13.9. The zero-order chi connectivity index (χ0) is 27.2. The van der Waals surface area contributed by atoms with Gasteiger partial charge in [-0.05, 0) is 56.8 Å². The Bertz CT molecular complexity index is 800. The van der Waals surface area contributed by atoms with Gasteiger partial charge in [0.05, 0.1) is 13.2 Å². The van der Waals surface area contributed by atoms with Crippen molar-refractivity contribution in [2.45, 2.75) is 107 Å². The topological polar surface area (TPSA) is 174 Å². The molecule has 5 atom stereocenters. The van der Waals surface area contributed by atoms with Crippen LogP contribution in [0.2, 0.25) is 0 Å². The Labute approximate surface area is 225 Å². The predicted octanol–water partition coefficient (Wildman–Crippen LogP) is 3.38. The quantitative estimate of drug-likeness (QED) is 0.0735. The molecule has 2 saturated carbocycles. The van der Waals surface area contributed by atoms with E-state index >= 15 is 0 Å². The van der Waals surface area contributed by atoms with Crippen LogP contribution in [0.5, 0.6) is 0 Å². The molecule has 6 N–H and O–H groups in total. The molecule has 0 aliphatic heterocycles. The minimum absolute atomic E-state index is 0.0109. The molecule has 2 rings (SSSR count). The van der Waals surface area contributed by atoms with Crippen molar-refractivity contribution in [3.63, 3.8) is 0 Å². The molecule has 0 aromatic carbocycles. The highest BCUT2D eigenvalue weighted by Crippen LogP contribution is 2.30. The van der Waals surface area contributed by atoms with Crippen molar-refractivity contribution in [1.82, 2.24) is 10.6 Å². The lowest BCUT2D eigenvalue weighted by atomic mass is 9.84. The highest BCUT2D eigenvalue weighted by Gasteiger charge is 2.30. The first-order valence-electron chi connectivity index (χ1n) is 13.5. The SMILES string of the molecule is COC(=O)C(CCCCN=C(N)N)NC(=O)C(CC1CCCCC1)NC(=O)N=NC1CCC(C)C(Cl)C1. The van der Waals surface area contributed by atoms with Crippen LogP contribution in [0.3, 0.4) is 0 Å². The maximum absolute atomic E-state index is 13.3. The van der Waals surface area contributed by atoms with Crippen LogP contribution in [0, 0.1) is 11.8 Å². The van der Waals surface area contributed by atoms with Crippen molar-refractivity contribution < 1.29 is 19.1 Å². The Hall–Kier alpha value is -2.43. The molecule has 11 nitrogen and oxygen atoms in total. The summed E-state index contributed by atoms with van der Waals surface area (Å²) >= 11 is 6.35. The molecule has 5 unspecified atom stereocenters. The molecular weight excluding hydrogens is 498 g/mol. The van der Waals surface area contributed by atoms with Crippen molar-refractivity contribution in [3.05, 3.63) is 0 Å². The molecule has 0 aromatic rings. The highest BCUT2D eigenvalue weighted by atomic mass is 35.5. The van der Waals surface area contributed by atoms with Gasteiger partial charge in [-0.25, -0.2) is 9.59 Å². The van der Waals surface area contributed by atoms with E-state index in [-0.39, 0.29) is 17.4 Å². The number of alkyl halides is 1. The number of carbonyl (C=O) groups is 3. The second-order valence-electron chi connectivity index (χ2n) is 10.3. The predicted molar refractivity (Wildman–Crippen MR) is 143 cm³/mol. The van der Waals surface area contributed by atoms with Gasteiger partial charge in [-0.2, -0.15) is 5.11 Å². The van der Waals surface area contributed by atoms with E-state index < -0.39 is 30.0 Å². The summed E-state index contributed by atoms with van der Waals surface area (Å²) in [6, 6.07) is -2.42. The minimum Gasteiger partial charge on any atom is -0.467 e. The number of esters is 1. The average Bonchev–Trinajstić information content (AvgIpc) is 2.88. The molecule has 2 fully saturated rings. The number of methoxy groups -OCH3 is 1. The maximum Gasteiger partial charge on any atom is 0.359 e. The fraction of sp³-hybridized carbons (Fsp3) is 0.840. The van der Waals surface area contributed by atoms with E-state index in [0.717, 1.165) is 38.5 Å². The molecule has 12 heteroatoms. The monoisotopic (exact) mass is 541 g/mol. The lowest BCUT2D eigenvalue weighted by Gasteiger charge is -2.28. The number of aliphatic imine (C=N–C) groups is 1. The van der Waals surface area contributed by atoms with Gasteiger partial charge in [0.15, 0.2) is 5.96 Å². The van der Waals surface area contributed by atoms with Gasteiger partial charge >= 0.3 is 12.0 Å². The van der Waals surface area contributed by atoms with Crippen LogP contribution in [-0.2, 0) is 14.3 Å². The van der Waals surface area contributed by atoms with Crippen molar-refractivity contribution >= 4 is 35.5 Å². The summed E-state index contributed by atoms with van der Waals surface area (Å²) < 4.78 is 4.89. The Balaban J connectivity index is 2.00. The van der Waals surface area contributed by atoms with Crippen LogP contribution in [0.15, 0.2) is 15.2 Å². The smallest absolute Gasteiger partial charge is 0.359 e. The van der Waals surface area contributed by atoms with E-state index in [1.54, 1.807) is 0 Å². The average molecular weight is 542 g/mol. The second kappa shape index (κ2) is 16.4. The third kappa shape index (κ3) is 11.7. The van der Waals surface area contributed by atoms with Gasteiger partial charge in [0, 0.05) is 11.9 Å². The van der Waals surface area contributed by atoms with Crippen LogP contribution in [0.25, 0.3) is 0 Å². The summed E-state index contributed by atoms with van der Waals surface area (Å²) in [5.74, 6) is -0.229. The standard InChI is InChI=1S/C25H44ClN7O4/c1-16-11-12-18(15-19(16)26)32-33-25(36)31-21(14-17-8-4-3-5-9-17)22(34)30-20(23(35)37-2)10-6-7-13-29-24(27)28/h16-21H,3-15H2,1-2H3,(H,30,34)(H,31,36)(H4,27,28,29). The minimum atomic E-state index is -0.839. The van der Waals surface area contributed by atoms with E-state index in [4.69, 9.17) is 27.8 Å². The number of carbonyl (C=O) groups excluding carboxylic acids is 3. The van der Waals surface area contributed by atoms with Gasteiger partial charge in [-0.15, -0.1) is 11.6 Å². The van der Waals surface area contributed by atoms with Crippen molar-refractivity contribution in [2.24, 2.45) is 38.5 Å². The van der Waals surface area contributed by atoms with Gasteiger partial charge < -0.3 is 26.8 Å². The molecule has 2 aliphatic rings. The molecule has 0 heterocycles. The van der Waals surface area contributed by atoms with Crippen LogP contribution in [-0.4, -0.2) is 61.0 Å². The largest absolute Gasteiger partial charge is 0.467 e. The van der Waals surface area contributed by atoms with Crippen molar-refractivity contribution in [1.29, 1.82) is 0 Å². The summed E-state index contributed by atoms with van der Waals surface area (Å²) in [7, 11) is 1.28. The second-order valence-corrected chi connectivity index (χ2v) is 10.9. The summed E-state index contributed by atoms with van der Waals surface area (Å²) in [5, 5.41) is 13.6. The third-order valence-corrected chi connectivity index (χ3v) is 7.90. The molecule has 0 spiro atoms. The Morgan fingerprint density at radius 3 is 2.41 bits per heavy atom. The van der Waals surface area contributed by atoms with E-state index in [1.165, 1.54) is 13.5 Å². The number of nitrogens with two attached hydrogens (primary N) is 2. The molecule has 3 amide bonds. The van der Waals surface area contributed by atoms with Gasteiger partial charge in [-0.1, -0.05) is 44.1 Å². The number of hydrogen-bond acceptors (Lipinski definition) is 6. The van der Waals surface area contributed by atoms with Crippen LogP contribution < -0.4 is 22.1 Å². The van der Waals surface area contributed by atoms with Gasteiger partial charge in [0.2, 0.25) is 5.91 Å². The van der Waals surface area contributed by atoms with Crippen molar-refractivity contribution in [2.75, 3.05) is 13.7 Å². The molecule has 210 valence electrons. The van der Waals surface area contributed by atoms with Crippen LogP contribution in [0.1, 0.15) is 84.0 Å². The van der Waals surface area contributed by atoms with Gasteiger partial charge in [0.1, 0.15) is 12.1 Å². The lowest BCUT2D eigenvalue weighted by Crippen LogP contribution is -2.52. The number of urea groups is 1. The van der Waals surface area contributed by atoms with Gasteiger partial charge in [0.25, 0.3) is 0 Å². The normalized spacial score (nSPS) is 24.1. The first-order chi connectivity index (χ1) is 17.7. The van der Waals surface area contributed by atoms with E-state index in [2.05, 4.69) is 32.8 Å². The fourth-order valence-electron chi connectivity index (χ4n) is 4.98. The number of hydrogen-bond donors (Lipinski definition) is 4. The number of rotatable bonds is 12. The van der Waals surface area contributed by atoms with Gasteiger partial charge in [-0.3, -0.25) is 9.79 Å². The lowest BCUT2D eigenvalue weighted by molar-refractivity contribution is -0.145. The fourth-order valence-corrected chi connectivity index (χ4v) is 5.31. The molecular formula is C25H44ClN7O4. The molecule has 0 radical (unpaired) electrons. The van der Waals surface area contributed by atoms with E-state index in [0.29, 0.717) is 50.5 Å². The Morgan fingerprint density at radius 1 is 1.03 bits per heavy atom. The molecule has 0 aromatic heterocycles. The number of guanidine groups is 1. The number of ether oxygens (including phenoxy) is 1. The zero-order valence-corrected chi connectivity index (χ0v) is 22.9. The molecule has 0 bridgehead atoms. The maximum atomic E-state index is 13.3. The molecule has 0 saturated heterocycles. The summed E-state index contributed by atoms with van der Waals surface area (Å²) in [6.07, 6.45) is 9.93. The third-order valence-electron chi connectivity index (χ3n) is 7.29. The molecule has 2 aliphatic carbocycles. The number of nitrogens with zero attached hydrogens (tertiary/aromatic N) is 3. The summed E-state index contributed by atoms with van der Waals surface area (Å²) in [4.78, 5) is 42.2. The number of nitrogens with one attached hydrogen (secondary N) is 2. The number of unbranched alkanes of at least 4 members (excludes halogenated alkanes) is 1. The van der Waals surface area contributed by atoms with E-state index in [9.17, 15) is 14.4 Å². The summed E-state index contributed by atoms with van der Waals surface area (Å²) in [5.41, 5.74) is 10.7. The van der Waals surface area contributed by atoms with Crippen LogP contribution in [0.4, 0.5) is 4.79 Å².